The summed E-state index contributed by atoms with van der Waals surface area (Å²) in [4.78, 5) is 3.06. The zero-order valence-corrected chi connectivity index (χ0v) is 8.65. The fourth-order valence-electron chi connectivity index (χ4n) is 1.09. The van der Waals surface area contributed by atoms with Gasteiger partial charge in [0.2, 0.25) is 12.0 Å². The minimum absolute atomic E-state index is 0. The molecule has 0 unspecified atom stereocenters. The molecular weight excluding hydrogens is 269 g/mol. The Labute approximate surface area is 88.1 Å². The van der Waals surface area contributed by atoms with Gasteiger partial charge in [-0.05, 0) is 6.07 Å². The van der Waals surface area contributed by atoms with E-state index in [0.717, 1.165) is 5.69 Å². The Morgan fingerprint density at radius 2 is 2.00 bits per heavy atom. The van der Waals surface area contributed by atoms with Gasteiger partial charge in [-0.3, -0.25) is 0 Å². The molecule has 0 saturated carbocycles. The molecule has 0 bridgehead atoms. The van der Waals surface area contributed by atoms with Crippen molar-refractivity contribution in [3.8, 4) is 0 Å². The summed E-state index contributed by atoms with van der Waals surface area (Å²) in [6.45, 7) is 1.38. The van der Waals surface area contributed by atoms with Crippen molar-refractivity contribution in [3.63, 3.8) is 0 Å². The second-order valence-electron chi connectivity index (χ2n) is 2.39. The number of aromatic amines is 1. The van der Waals surface area contributed by atoms with Gasteiger partial charge in [0.15, 0.2) is 6.20 Å². The molecule has 2 heterocycles. The number of aromatic nitrogens is 1. The number of nitrogens with one attached hydrogen (secondary N) is 1. The third-order valence-corrected chi connectivity index (χ3v) is 1.61. The first-order valence-electron chi connectivity index (χ1n) is 3.66. The lowest BCUT2D eigenvalue weighted by atomic mass is 10.3. The Balaban J connectivity index is 0.000000720. The number of hydrogen-bond acceptors (Lipinski definition) is 2. The van der Waals surface area contributed by atoms with E-state index in [1.165, 1.54) is 0 Å². The van der Waals surface area contributed by atoms with Crippen LogP contribution in [0.1, 0.15) is 12.0 Å². The molecule has 1 saturated heterocycles. The van der Waals surface area contributed by atoms with Gasteiger partial charge in [0, 0.05) is 12.1 Å². The summed E-state index contributed by atoms with van der Waals surface area (Å²) >= 11 is 0. The van der Waals surface area contributed by atoms with Crippen molar-refractivity contribution in [1.82, 2.24) is 0 Å². The van der Waals surface area contributed by atoms with Gasteiger partial charge < -0.3 is 33.5 Å². The van der Waals surface area contributed by atoms with Crippen molar-refractivity contribution in [1.29, 1.82) is 0 Å². The van der Waals surface area contributed by atoms with E-state index in [9.17, 15) is 0 Å². The molecule has 0 amide bonds. The summed E-state index contributed by atoms with van der Waals surface area (Å²) in [5.74, 6) is 0. The molecule has 12 heavy (non-hydrogen) atoms. The largest absolute Gasteiger partial charge is 1.00 e. The fraction of sp³-hybridized carbons (Fsp3) is 0.375. The Morgan fingerprint density at radius 3 is 2.58 bits per heavy atom. The molecule has 66 valence electrons. The molecule has 1 fully saturated rings. The maximum absolute atomic E-state index is 5.29. The highest BCUT2D eigenvalue weighted by Crippen LogP contribution is 2.18. The Kier molecular flexibility index (Phi) is 3.90. The summed E-state index contributed by atoms with van der Waals surface area (Å²) in [5.41, 5.74) is 0.977. The van der Waals surface area contributed by atoms with E-state index in [2.05, 4.69) is 4.98 Å². The monoisotopic (exact) mass is 279 g/mol. The van der Waals surface area contributed by atoms with Crippen molar-refractivity contribution < 1.29 is 38.4 Å². The molecule has 0 spiro atoms. The lowest BCUT2D eigenvalue weighted by Gasteiger charge is -2.01. The van der Waals surface area contributed by atoms with Gasteiger partial charge in [0.05, 0.1) is 13.2 Å². The maximum Gasteiger partial charge on any atom is 0.245 e. The standard InChI is InChI=1S/C8H9NO2.HI/c1-2-4-9-7(3-1)8-10-5-6-11-8;/h1-4,8H,5-6H2;1H. The third kappa shape index (κ3) is 2.15. The highest BCUT2D eigenvalue weighted by Gasteiger charge is 2.22. The van der Waals surface area contributed by atoms with Crippen LogP contribution in [0.3, 0.4) is 0 Å². The van der Waals surface area contributed by atoms with Crippen molar-refractivity contribution in [3.05, 3.63) is 30.1 Å². The van der Waals surface area contributed by atoms with Gasteiger partial charge >= 0.3 is 0 Å². The van der Waals surface area contributed by atoms with Crippen LogP contribution >= 0.6 is 0 Å². The van der Waals surface area contributed by atoms with Crippen LogP contribution in [0.4, 0.5) is 0 Å². The zero-order chi connectivity index (χ0) is 7.52. The molecule has 1 N–H and O–H groups in total. The van der Waals surface area contributed by atoms with Crippen molar-refractivity contribution in [2.75, 3.05) is 13.2 Å². The zero-order valence-electron chi connectivity index (χ0n) is 6.50. The molecule has 1 aromatic heterocycles. The molecule has 1 aliphatic rings. The number of ether oxygens (including phenoxy) is 2. The van der Waals surface area contributed by atoms with Gasteiger partial charge in [-0.25, -0.2) is 4.98 Å². The van der Waals surface area contributed by atoms with E-state index in [4.69, 9.17) is 9.47 Å². The van der Waals surface area contributed by atoms with E-state index in [1.807, 2.05) is 24.4 Å². The normalized spacial score (nSPS) is 17.3. The quantitative estimate of drug-likeness (QED) is 0.535. The van der Waals surface area contributed by atoms with Crippen molar-refractivity contribution in [2.24, 2.45) is 0 Å². The van der Waals surface area contributed by atoms with Gasteiger partial charge in [-0.15, -0.1) is 0 Å². The average molecular weight is 279 g/mol. The first-order chi connectivity index (χ1) is 5.47. The van der Waals surface area contributed by atoms with E-state index < -0.39 is 0 Å². The van der Waals surface area contributed by atoms with E-state index >= 15 is 0 Å². The number of pyridine rings is 1. The minimum Gasteiger partial charge on any atom is -1.00 e. The molecule has 2 rings (SSSR count). The molecule has 0 atom stereocenters. The number of halogens is 1. The Morgan fingerprint density at radius 1 is 1.25 bits per heavy atom. The smallest absolute Gasteiger partial charge is 0.245 e. The number of hydrogen-bond donors (Lipinski definition) is 0. The van der Waals surface area contributed by atoms with Crippen molar-refractivity contribution in [2.45, 2.75) is 6.29 Å². The second kappa shape index (κ2) is 4.74. The summed E-state index contributed by atoms with van der Waals surface area (Å²) in [5, 5.41) is 0. The molecule has 4 heteroatoms. The van der Waals surface area contributed by atoms with Crippen LogP contribution in [-0.4, -0.2) is 13.2 Å². The van der Waals surface area contributed by atoms with Crippen LogP contribution in [-0.2, 0) is 9.47 Å². The summed E-state index contributed by atoms with van der Waals surface area (Å²) < 4.78 is 10.6. The third-order valence-electron chi connectivity index (χ3n) is 1.61. The highest BCUT2D eigenvalue weighted by molar-refractivity contribution is 4.98. The maximum atomic E-state index is 5.29. The predicted molar refractivity (Wildman–Crippen MR) is 37.6 cm³/mol. The van der Waals surface area contributed by atoms with Gasteiger partial charge in [-0.1, -0.05) is 0 Å². The average Bonchev–Trinajstić information content (AvgIpc) is 2.58. The second-order valence-corrected chi connectivity index (χ2v) is 2.39. The van der Waals surface area contributed by atoms with Crippen LogP contribution in [0.25, 0.3) is 0 Å². The lowest BCUT2D eigenvalue weighted by molar-refractivity contribution is -0.409. The fourth-order valence-corrected chi connectivity index (χ4v) is 1.09. The van der Waals surface area contributed by atoms with Crippen LogP contribution in [0.5, 0.6) is 0 Å². The van der Waals surface area contributed by atoms with E-state index in [0.29, 0.717) is 13.2 Å². The van der Waals surface area contributed by atoms with Crippen LogP contribution in [0.15, 0.2) is 24.4 Å². The Bertz CT molecular complexity index is 224. The molecule has 0 radical (unpaired) electrons. The predicted octanol–water partition coefficient (Wildman–Crippen LogP) is -2.45. The van der Waals surface area contributed by atoms with Gasteiger partial charge in [0.25, 0.3) is 0 Å². The molecule has 1 aliphatic heterocycles. The number of rotatable bonds is 1. The molecular formula is C8H10INO2. The molecule has 1 aromatic rings. The lowest BCUT2D eigenvalue weighted by Crippen LogP contribution is -3.00. The summed E-state index contributed by atoms with van der Waals surface area (Å²) in [6.07, 6.45) is 1.68. The van der Waals surface area contributed by atoms with E-state index in [1.54, 1.807) is 0 Å². The first-order valence-corrected chi connectivity index (χ1v) is 3.66. The van der Waals surface area contributed by atoms with Crippen molar-refractivity contribution >= 4 is 0 Å². The summed E-state index contributed by atoms with van der Waals surface area (Å²) in [6, 6.07) is 5.84. The SMILES string of the molecule is [I-].c1ccc(C2OCCO2)[nH+]c1. The van der Waals surface area contributed by atoms with Crippen LogP contribution in [0.2, 0.25) is 0 Å². The van der Waals surface area contributed by atoms with Crippen LogP contribution in [0, 0.1) is 0 Å². The molecule has 3 nitrogen and oxygen atoms in total. The highest BCUT2D eigenvalue weighted by atomic mass is 127. The van der Waals surface area contributed by atoms with Crippen LogP contribution < -0.4 is 29.0 Å². The Hall–Kier alpha value is -0.200. The number of H-pyrrole nitrogens is 1. The van der Waals surface area contributed by atoms with Gasteiger partial charge in [0.1, 0.15) is 0 Å². The van der Waals surface area contributed by atoms with E-state index in [-0.39, 0.29) is 30.3 Å². The first kappa shape index (κ1) is 9.88. The minimum atomic E-state index is -0.184. The topological polar surface area (TPSA) is 32.6 Å². The van der Waals surface area contributed by atoms with Gasteiger partial charge in [-0.2, -0.15) is 0 Å². The molecule has 0 aromatic carbocycles. The summed E-state index contributed by atoms with van der Waals surface area (Å²) in [7, 11) is 0. The molecule has 0 aliphatic carbocycles.